The number of hydrogen-bond acceptors (Lipinski definition) is 4. The van der Waals surface area contributed by atoms with Crippen molar-refractivity contribution in [2.45, 2.75) is 13.5 Å². The Morgan fingerprint density at radius 1 is 0.897 bits per heavy atom. The van der Waals surface area contributed by atoms with Crippen LogP contribution in [-0.2, 0) is 6.54 Å². The Morgan fingerprint density at radius 2 is 1.69 bits per heavy atom. The minimum Gasteiger partial charge on any atom is -0.325 e. The molecule has 0 aliphatic rings. The van der Waals surface area contributed by atoms with Gasteiger partial charge in [0.1, 0.15) is 5.39 Å². The molecule has 140 valence electrons. The van der Waals surface area contributed by atoms with Crippen molar-refractivity contribution >= 4 is 50.0 Å². The van der Waals surface area contributed by atoms with Gasteiger partial charge in [0.2, 0.25) is 5.43 Å². The summed E-state index contributed by atoms with van der Waals surface area (Å²) in [5.74, 6) is 0.813. The van der Waals surface area contributed by atoms with E-state index in [1.165, 1.54) is 0 Å². The van der Waals surface area contributed by atoms with Crippen molar-refractivity contribution in [1.29, 1.82) is 0 Å². The molecule has 0 spiro atoms. The predicted octanol–water partition coefficient (Wildman–Crippen LogP) is 5.10. The molecule has 0 aliphatic heterocycles. The standard InChI is InChI=1S/C23H16N4OS/c1-2-26-16-10-5-3-8-14(16)20(28)19-22(26)25-21(18-12-7-13-29-18)27-17-11-6-4-9-15(17)24-23(19)27/h3-13H,2H2,1H3. The smallest absolute Gasteiger partial charge is 0.202 e. The Labute approximate surface area is 169 Å². The summed E-state index contributed by atoms with van der Waals surface area (Å²) in [5.41, 5.74) is 4.04. The summed E-state index contributed by atoms with van der Waals surface area (Å²) < 4.78 is 4.14. The van der Waals surface area contributed by atoms with E-state index in [1.807, 2.05) is 64.4 Å². The van der Waals surface area contributed by atoms with Crippen LogP contribution in [0.2, 0.25) is 0 Å². The highest BCUT2D eigenvalue weighted by atomic mass is 32.1. The Hall–Kier alpha value is -3.51. The molecule has 0 atom stereocenters. The maximum Gasteiger partial charge on any atom is 0.202 e. The Balaban J connectivity index is 1.97. The average molecular weight is 396 g/mol. The van der Waals surface area contributed by atoms with Crippen LogP contribution in [0.25, 0.3) is 49.3 Å². The van der Waals surface area contributed by atoms with E-state index in [0.717, 1.165) is 27.3 Å². The zero-order valence-corrected chi connectivity index (χ0v) is 16.5. The summed E-state index contributed by atoms with van der Waals surface area (Å²) in [6, 6.07) is 19.8. The van der Waals surface area contributed by atoms with Crippen LogP contribution in [0.5, 0.6) is 0 Å². The average Bonchev–Trinajstić information content (AvgIpc) is 3.42. The van der Waals surface area contributed by atoms with Crippen molar-refractivity contribution in [3.05, 3.63) is 76.3 Å². The lowest BCUT2D eigenvalue weighted by atomic mass is 10.1. The molecular weight excluding hydrogens is 380 g/mol. The number of pyridine rings is 1. The number of rotatable bonds is 2. The number of hydrogen-bond donors (Lipinski definition) is 0. The third kappa shape index (κ3) is 2.17. The van der Waals surface area contributed by atoms with Gasteiger partial charge >= 0.3 is 0 Å². The van der Waals surface area contributed by atoms with Crippen molar-refractivity contribution in [2.75, 3.05) is 0 Å². The maximum atomic E-state index is 13.5. The van der Waals surface area contributed by atoms with Gasteiger partial charge in [-0.1, -0.05) is 30.3 Å². The van der Waals surface area contributed by atoms with Gasteiger partial charge < -0.3 is 4.57 Å². The van der Waals surface area contributed by atoms with Gasteiger partial charge in [-0.2, -0.15) is 0 Å². The first-order valence-electron chi connectivity index (χ1n) is 9.54. The third-order valence-electron chi connectivity index (χ3n) is 5.41. The lowest BCUT2D eigenvalue weighted by molar-refractivity contribution is 0.808. The highest BCUT2D eigenvalue weighted by Gasteiger charge is 2.21. The van der Waals surface area contributed by atoms with Gasteiger partial charge in [-0.25, -0.2) is 9.97 Å². The van der Waals surface area contributed by atoms with Crippen molar-refractivity contribution in [3.63, 3.8) is 0 Å². The zero-order chi connectivity index (χ0) is 19.5. The fourth-order valence-corrected chi connectivity index (χ4v) is 4.86. The second-order valence-corrected chi connectivity index (χ2v) is 7.91. The zero-order valence-electron chi connectivity index (χ0n) is 15.7. The molecule has 29 heavy (non-hydrogen) atoms. The minimum absolute atomic E-state index is 0.0224. The van der Waals surface area contributed by atoms with E-state index in [0.29, 0.717) is 28.6 Å². The lowest BCUT2D eigenvalue weighted by Gasteiger charge is -2.14. The van der Waals surface area contributed by atoms with Gasteiger partial charge in [-0.3, -0.25) is 9.20 Å². The van der Waals surface area contributed by atoms with Gasteiger partial charge in [-0.15, -0.1) is 11.3 Å². The number of imidazole rings is 1. The summed E-state index contributed by atoms with van der Waals surface area (Å²) in [7, 11) is 0. The molecule has 0 fully saturated rings. The molecule has 5 nitrogen and oxygen atoms in total. The molecule has 0 saturated carbocycles. The quantitative estimate of drug-likeness (QED) is 0.383. The number of benzene rings is 2. The van der Waals surface area contributed by atoms with Gasteiger partial charge in [0.25, 0.3) is 0 Å². The first kappa shape index (κ1) is 16.4. The second-order valence-electron chi connectivity index (χ2n) is 6.96. The number of fused-ring (bicyclic) bond motifs is 6. The van der Waals surface area contributed by atoms with Gasteiger partial charge in [0.15, 0.2) is 17.1 Å². The van der Waals surface area contributed by atoms with Crippen molar-refractivity contribution < 1.29 is 0 Å². The van der Waals surface area contributed by atoms with E-state index in [4.69, 9.17) is 9.97 Å². The first-order chi connectivity index (χ1) is 14.3. The van der Waals surface area contributed by atoms with Gasteiger partial charge in [-0.05, 0) is 42.6 Å². The number of para-hydroxylation sites is 3. The Kier molecular flexibility index (Phi) is 3.40. The van der Waals surface area contributed by atoms with Crippen LogP contribution in [0.15, 0.2) is 70.8 Å². The third-order valence-corrected chi connectivity index (χ3v) is 6.28. The van der Waals surface area contributed by atoms with Crippen LogP contribution in [-0.4, -0.2) is 18.9 Å². The summed E-state index contributed by atoms with van der Waals surface area (Å²) >= 11 is 1.63. The summed E-state index contributed by atoms with van der Waals surface area (Å²) in [6.07, 6.45) is 0. The molecule has 0 amide bonds. The molecule has 2 aromatic carbocycles. The number of aromatic nitrogens is 4. The summed E-state index contributed by atoms with van der Waals surface area (Å²) in [5, 5.41) is 3.31. The molecular formula is C23H16N4OS. The van der Waals surface area contributed by atoms with E-state index < -0.39 is 0 Å². The Morgan fingerprint density at radius 3 is 2.48 bits per heavy atom. The number of thiophene rings is 1. The first-order valence-corrected chi connectivity index (χ1v) is 10.4. The van der Waals surface area contributed by atoms with E-state index >= 15 is 0 Å². The molecule has 4 aromatic heterocycles. The van der Waals surface area contributed by atoms with Crippen LogP contribution < -0.4 is 5.43 Å². The number of aryl methyl sites for hydroxylation is 1. The van der Waals surface area contributed by atoms with E-state index in [-0.39, 0.29) is 5.43 Å². The molecule has 0 unspecified atom stereocenters. The van der Waals surface area contributed by atoms with Crippen molar-refractivity contribution in [3.8, 4) is 10.7 Å². The van der Waals surface area contributed by atoms with Crippen LogP contribution in [0, 0.1) is 0 Å². The van der Waals surface area contributed by atoms with E-state index in [9.17, 15) is 4.79 Å². The summed E-state index contributed by atoms with van der Waals surface area (Å²) in [4.78, 5) is 24.5. The second kappa shape index (κ2) is 5.99. The molecule has 0 N–H and O–H groups in total. The highest BCUT2D eigenvalue weighted by molar-refractivity contribution is 7.13. The molecule has 0 saturated heterocycles. The SMILES string of the molecule is CCn1c2ccccc2c(=O)c2c1nc(-c1cccs1)n1c3ccccc3nc21. The fraction of sp³-hybridized carbons (Fsp3) is 0.0870. The van der Waals surface area contributed by atoms with Crippen LogP contribution in [0.1, 0.15) is 6.92 Å². The van der Waals surface area contributed by atoms with Gasteiger partial charge in [0.05, 0.1) is 21.4 Å². The van der Waals surface area contributed by atoms with Gasteiger partial charge in [0, 0.05) is 11.9 Å². The van der Waals surface area contributed by atoms with Crippen molar-refractivity contribution in [2.24, 2.45) is 0 Å². The highest BCUT2D eigenvalue weighted by Crippen LogP contribution is 2.31. The predicted molar refractivity (Wildman–Crippen MR) is 119 cm³/mol. The van der Waals surface area contributed by atoms with Crippen LogP contribution in [0.3, 0.4) is 0 Å². The normalized spacial score (nSPS) is 11.9. The molecule has 6 aromatic rings. The molecule has 0 aliphatic carbocycles. The molecule has 0 radical (unpaired) electrons. The topological polar surface area (TPSA) is 52.2 Å². The maximum absolute atomic E-state index is 13.5. The molecule has 6 heteroatoms. The molecule has 4 heterocycles. The summed E-state index contributed by atoms with van der Waals surface area (Å²) in [6.45, 7) is 2.79. The molecule has 6 rings (SSSR count). The van der Waals surface area contributed by atoms with Crippen LogP contribution in [0.4, 0.5) is 0 Å². The number of nitrogens with zero attached hydrogens (tertiary/aromatic N) is 4. The fourth-order valence-electron chi connectivity index (χ4n) is 4.15. The molecule has 0 bridgehead atoms. The largest absolute Gasteiger partial charge is 0.325 e. The van der Waals surface area contributed by atoms with E-state index in [1.54, 1.807) is 11.3 Å². The van der Waals surface area contributed by atoms with Crippen LogP contribution >= 0.6 is 11.3 Å². The van der Waals surface area contributed by atoms with E-state index in [2.05, 4.69) is 17.6 Å². The minimum atomic E-state index is -0.0224. The van der Waals surface area contributed by atoms with Crippen molar-refractivity contribution in [1.82, 2.24) is 18.9 Å². The lowest BCUT2D eigenvalue weighted by Crippen LogP contribution is -2.14. The monoisotopic (exact) mass is 396 g/mol. The Bertz CT molecular complexity index is 1610.